The number of fused-ring (bicyclic) bond motifs is 3. The topological polar surface area (TPSA) is 80.2 Å². The van der Waals surface area contributed by atoms with Gasteiger partial charge >= 0.3 is 11.9 Å². The van der Waals surface area contributed by atoms with E-state index in [1.54, 1.807) is 25.6 Å². The molecular formula is C20H25N3O4S. The molecule has 7 nitrogen and oxygen atoms in total. The van der Waals surface area contributed by atoms with Crippen LogP contribution in [0.15, 0.2) is 39.9 Å². The van der Waals surface area contributed by atoms with E-state index >= 15 is 0 Å². The number of rotatable bonds is 8. The maximum absolute atomic E-state index is 12.0. The van der Waals surface area contributed by atoms with E-state index in [4.69, 9.17) is 9.47 Å². The molecule has 2 aliphatic heterocycles. The minimum atomic E-state index is -0.681. The summed E-state index contributed by atoms with van der Waals surface area (Å²) in [7, 11) is 0. The first-order valence-corrected chi connectivity index (χ1v) is 10.4. The van der Waals surface area contributed by atoms with Crippen molar-refractivity contribution in [1.29, 1.82) is 0 Å². The summed E-state index contributed by atoms with van der Waals surface area (Å²) >= 11 is 1.72. The van der Waals surface area contributed by atoms with Crippen molar-refractivity contribution in [1.82, 2.24) is 5.32 Å². The Morgan fingerprint density at radius 2 is 2.00 bits per heavy atom. The highest BCUT2D eigenvalue weighted by atomic mass is 32.2. The molecule has 2 heterocycles. The average Bonchev–Trinajstić information content (AvgIpc) is 3.08. The van der Waals surface area contributed by atoms with Gasteiger partial charge in [0.15, 0.2) is 10.7 Å². The Morgan fingerprint density at radius 1 is 1.25 bits per heavy atom. The SMILES string of the molecule is CCOC(=O)C(=CNCCc1cccc2c1SC1=NCCCN12)C(=O)OCC. The lowest BCUT2D eigenvalue weighted by molar-refractivity contribution is -0.146. The van der Waals surface area contributed by atoms with Crippen LogP contribution in [0.1, 0.15) is 25.8 Å². The average molecular weight is 404 g/mol. The van der Waals surface area contributed by atoms with Crippen LogP contribution in [-0.2, 0) is 25.5 Å². The number of nitrogens with zero attached hydrogens (tertiary/aromatic N) is 2. The quantitative estimate of drug-likeness (QED) is 0.235. The molecule has 1 aromatic carbocycles. The fourth-order valence-electron chi connectivity index (χ4n) is 3.09. The predicted octanol–water partition coefficient (Wildman–Crippen LogP) is 2.50. The van der Waals surface area contributed by atoms with Gasteiger partial charge in [-0.25, -0.2) is 9.59 Å². The molecule has 0 amide bonds. The van der Waals surface area contributed by atoms with Crippen molar-refractivity contribution in [3.63, 3.8) is 0 Å². The van der Waals surface area contributed by atoms with Crippen molar-refractivity contribution in [3.8, 4) is 0 Å². The highest BCUT2D eigenvalue weighted by Crippen LogP contribution is 2.43. The van der Waals surface area contributed by atoms with Gasteiger partial charge in [0.1, 0.15) is 0 Å². The van der Waals surface area contributed by atoms with Crippen LogP contribution >= 0.6 is 11.8 Å². The zero-order valence-electron chi connectivity index (χ0n) is 16.2. The van der Waals surface area contributed by atoms with E-state index in [0.29, 0.717) is 6.54 Å². The summed E-state index contributed by atoms with van der Waals surface area (Å²) in [5.41, 5.74) is 2.31. The van der Waals surface area contributed by atoms with Gasteiger partial charge in [-0.2, -0.15) is 0 Å². The third kappa shape index (κ3) is 4.49. The number of anilines is 1. The normalized spacial score (nSPS) is 14.5. The fraction of sp³-hybridized carbons (Fsp3) is 0.450. The predicted molar refractivity (Wildman–Crippen MR) is 110 cm³/mol. The molecule has 0 bridgehead atoms. The highest BCUT2D eigenvalue weighted by Gasteiger charge is 2.29. The number of ether oxygens (including phenoxy) is 2. The number of hydrogen-bond donors (Lipinski definition) is 1. The molecule has 8 heteroatoms. The van der Waals surface area contributed by atoms with Crippen LogP contribution in [-0.4, -0.2) is 50.0 Å². The number of benzene rings is 1. The van der Waals surface area contributed by atoms with Crippen molar-refractivity contribution in [2.75, 3.05) is 37.7 Å². The molecule has 2 aliphatic rings. The largest absolute Gasteiger partial charge is 0.462 e. The lowest BCUT2D eigenvalue weighted by Gasteiger charge is -2.22. The van der Waals surface area contributed by atoms with Crippen LogP contribution in [0.4, 0.5) is 5.69 Å². The molecule has 0 spiro atoms. The summed E-state index contributed by atoms with van der Waals surface area (Å²) in [4.78, 5) is 32.1. The van der Waals surface area contributed by atoms with Crippen molar-refractivity contribution in [3.05, 3.63) is 35.5 Å². The van der Waals surface area contributed by atoms with Crippen molar-refractivity contribution in [2.45, 2.75) is 31.6 Å². The molecule has 0 aliphatic carbocycles. The van der Waals surface area contributed by atoms with Gasteiger partial charge in [0.05, 0.1) is 18.9 Å². The van der Waals surface area contributed by atoms with E-state index in [1.165, 1.54) is 22.3 Å². The molecule has 150 valence electrons. The molecule has 0 atom stereocenters. The highest BCUT2D eigenvalue weighted by molar-refractivity contribution is 8.14. The second-order valence-corrected chi connectivity index (χ2v) is 7.22. The number of thioether (sulfide) groups is 1. The molecule has 1 N–H and O–H groups in total. The van der Waals surface area contributed by atoms with Gasteiger partial charge in [-0.1, -0.05) is 12.1 Å². The maximum atomic E-state index is 12.0. The molecule has 0 unspecified atom stereocenters. The minimum absolute atomic E-state index is 0.122. The number of hydrogen-bond acceptors (Lipinski definition) is 8. The number of aliphatic imine (C=N–C) groups is 1. The van der Waals surface area contributed by atoms with Crippen molar-refractivity contribution in [2.24, 2.45) is 4.99 Å². The number of esters is 2. The Bertz CT molecular complexity index is 787. The smallest absolute Gasteiger partial charge is 0.347 e. The Labute approximate surface area is 169 Å². The number of carbonyl (C=O) groups excluding carboxylic acids is 2. The molecule has 0 aromatic heterocycles. The first-order chi connectivity index (χ1) is 13.7. The standard InChI is InChI=1S/C20H25N3O4S/c1-3-26-18(24)15(19(25)27-4-2)13-21-11-9-14-7-5-8-16-17(14)28-20-22-10-6-12-23(16)20/h5,7-8,13,21H,3-4,6,9-12H2,1-2H3. The van der Waals surface area contributed by atoms with E-state index in [1.807, 2.05) is 0 Å². The van der Waals surface area contributed by atoms with Gasteiger partial charge in [0, 0.05) is 30.7 Å². The second-order valence-electron chi connectivity index (χ2n) is 6.24. The van der Waals surface area contributed by atoms with Crippen LogP contribution in [0.5, 0.6) is 0 Å². The zero-order chi connectivity index (χ0) is 19.9. The van der Waals surface area contributed by atoms with Crippen molar-refractivity contribution < 1.29 is 19.1 Å². The Morgan fingerprint density at radius 3 is 2.71 bits per heavy atom. The van der Waals surface area contributed by atoms with Crippen LogP contribution in [0.25, 0.3) is 0 Å². The lowest BCUT2D eigenvalue weighted by atomic mass is 10.1. The first kappa shape index (κ1) is 20.3. The summed E-state index contributed by atoms with van der Waals surface area (Å²) in [6.45, 7) is 6.25. The molecule has 3 rings (SSSR count). The fourth-order valence-corrected chi connectivity index (χ4v) is 4.31. The summed E-state index contributed by atoms with van der Waals surface area (Å²) in [5, 5.41) is 4.13. The van der Waals surface area contributed by atoms with Crippen LogP contribution in [0.2, 0.25) is 0 Å². The molecule has 0 saturated carbocycles. The third-order valence-electron chi connectivity index (χ3n) is 4.35. The van der Waals surface area contributed by atoms with Crippen molar-refractivity contribution >= 4 is 34.6 Å². The second kappa shape index (κ2) is 9.64. The van der Waals surface area contributed by atoms with Crippen LogP contribution in [0.3, 0.4) is 0 Å². The van der Waals surface area contributed by atoms with E-state index < -0.39 is 11.9 Å². The van der Waals surface area contributed by atoms with Gasteiger partial charge in [-0.15, -0.1) is 0 Å². The van der Waals surface area contributed by atoms with Gasteiger partial charge < -0.3 is 19.7 Å². The van der Waals surface area contributed by atoms with Gasteiger partial charge in [0.2, 0.25) is 0 Å². The number of amidine groups is 1. The molecule has 0 saturated heterocycles. The number of carbonyl (C=O) groups is 2. The summed E-state index contributed by atoms with van der Waals surface area (Å²) in [5.74, 6) is -1.36. The monoisotopic (exact) mass is 403 g/mol. The lowest BCUT2D eigenvalue weighted by Crippen LogP contribution is -2.30. The first-order valence-electron chi connectivity index (χ1n) is 9.55. The van der Waals surface area contributed by atoms with E-state index in [-0.39, 0.29) is 18.8 Å². The molecular weight excluding hydrogens is 378 g/mol. The summed E-state index contributed by atoms with van der Waals surface area (Å²) in [6, 6.07) is 6.30. The summed E-state index contributed by atoms with van der Waals surface area (Å²) < 4.78 is 9.86. The van der Waals surface area contributed by atoms with Crippen LogP contribution < -0.4 is 10.2 Å². The van der Waals surface area contributed by atoms with Gasteiger partial charge in [-0.05, 0) is 50.1 Å². The minimum Gasteiger partial charge on any atom is -0.462 e. The third-order valence-corrected chi connectivity index (χ3v) is 5.56. The van der Waals surface area contributed by atoms with Gasteiger partial charge in [0.25, 0.3) is 0 Å². The van der Waals surface area contributed by atoms with Crippen LogP contribution in [0, 0.1) is 0 Å². The van der Waals surface area contributed by atoms with Gasteiger partial charge in [-0.3, -0.25) is 4.99 Å². The Hall–Kier alpha value is -2.48. The molecule has 1 aromatic rings. The summed E-state index contributed by atoms with van der Waals surface area (Å²) in [6.07, 6.45) is 3.22. The zero-order valence-corrected chi connectivity index (χ0v) is 17.0. The van der Waals surface area contributed by atoms with E-state index in [9.17, 15) is 9.59 Å². The number of nitrogens with one attached hydrogen (secondary N) is 1. The van der Waals surface area contributed by atoms with E-state index in [0.717, 1.165) is 31.1 Å². The Kier molecular flexibility index (Phi) is 6.97. The van der Waals surface area contributed by atoms with E-state index in [2.05, 4.69) is 33.4 Å². The molecule has 0 radical (unpaired) electrons. The Balaban J connectivity index is 1.65. The molecule has 0 fully saturated rings. The molecule has 28 heavy (non-hydrogen) atoms. The maximum Gasteiger partial charge on any atom is 0.347 e.